The maximum absolute atomic E-state index is 13.8. The lowest BCUT2D eigenvalue weighted by atomic mass is 10.0. The molecule has 8 nitrogen and oxygen atoms in total. The molecule has 202 valence electrons. The minimum Gasteiger partial charge on any atom is -0.495 e. The van der Waals surface area contributed by atoms with E-state index in [-0.39, 0.29) is 23.7 Å². The molecule has 2 amide bonds. The number of hydrogen-bond donors (Lipinski definition) is 1. The summed E-state index contributed by atoms with van der Waals surface area (Å²) in [6.07, 6.45) is 1.16. The molecule has 38 heavy (non-hydrogen) atoms. The van der Waals surface area contributed by atoms with Crippen LogP contribution in [0.1, 0.15) is 11.1 Å². The highest BCUT2D eigenvalue weighted by atomic mass is 35.5. The Hall–Kier alpha value is -3.63. The monoisotopic (exact) mass is 561 g/mol. The zero-order valence-electron chi connectivity index (χ0n) is 21.2. The van der Waals surface area contributed by atoms with E-state index < -0.39 is 40.2 Å². The Morgan fingerprint density at radius 2 is 1.68 bits per heavy atom. The number of hydrogen-bond acceptors (Lipinski definition) is 5. The molecule has 0 heterocycles. The van der Waals surface area contributed by atoms with Crippen LogP contribution in [0, 0.1) is 5.82 Å². The molecule has 0 aliphatic heterocycles. The Balaban J connectivity index is 2.03. The van der Waals surface area contributed by atoms with Crippen LogP contribution in [-0.4, -0.2) is 58.1 Å². The van der Waals surface area contributed by atoms with E-state index in [4.69, 9.17) is 16.3 Å². The highest BCUT2D eigenvalue weighted by Gasteiger charge is 2.32. The van der Waals surface area contributed by atoms with Gasteiger partial charge in [0.05, 0.1) is 24.1 Å². The third-order valence-electron chi connectivity index (χ3n) is 5.89. The number of likely N-dealkylation sites (N-methyl/N-ethyl adjacent to an activating group) is 1. The Morgan fingerprint density at radius 3 is 2.24 bits per heavy atom. The Labute approximate surface area is 227 Å². The number of sulfonamides is 1. The summed E-state index contributed by atoms with van der Waals surface area (Å²) in [6, 6.07) is 18.1. The van der Waals surface area contributed by atoms with Crippen LogP contribution in [0.4, 0.5) is 10.1 Å². The first kappa shape index (κ1) is 28.9. The first-order chi connectivity index (χ1) is 18.0. The van der Waals surface area contributed by atoms with E-state index in [9.17, 15) is 22.4 Å². The molecule has 0 aliphatic carbocycles. The third-order valence-corrected chi connectivity index (χ3v) is 7.32. The number of carbonyl (C=O) groups excluding carboxylic acids is 2. The van der Waals surface area contributed by atoms with Crippen molar-refractivity contribution >= 4 is 39.1 Å². The van der Waals surface area contributed by atoms with Crippen LogP contribution in [0.25, 0.3) is 0 Å². The molecule has 0 aliphatic rings. The van der Waals surface area contributed by atoms with Crippen molar-refractivity contribution in [1.82, 2.24) is 10.2 Å². The number of benzene rings is 3. The summed E-state index contributed by atoms with van der Waals surface area (Å²) < 4.78 is 45.1. The number of halogens is 2. The first-order valence-electron chi connectivity index (χ1n) is 11.6. The quantitative estimate of drug-likeness (QED) is 0.386. The van der Waals surface area contributed by atoms with Gasteiger partial charge in [-0.15, -0.1) is 0 Å². The molecule has 0 bridgehead atoms. The largest absolute Gasteiger partial charge is 0.495 e. The molecule has 1 atom stereocenters. The van der Waals surface area contributed by atoms with Crippen LogP contribution in [0.2, 0.25) is 5.02 Å². The maximum Gasteiger partial charge on any atom is 0.244 e. The van der Waals surface area contributed by atoms with Crippen molar-refractivity contribution < 1.29 is 27.1 Å². The fourth-order valence-electron chi connectivity index (χ4n) is 3.93. The zero-order valence-corrected chi connectivity index (χ0v) is 22.8. The predicted molar refractivity (Wildman–Crippen MR) is 145 cm³/mol. The van der Waals surface area contributed by atoms with E-state index in [0.717, 1.165) is 16.1 Å². The maximum atomic E-state index is 13.8. The first-order valence-corrected chi connectivity index (χ1v) is 13.9. The molecule has 11 heteroatoms. The Bertz CT molecular complexity index is 1370. The van der Waals surface area contributed by atoms with E-state index >= 15 is 0 Å². The number of nitrogens with one attached hydrogen (secondary N) is 1. The van der Waals surface area contributed by atoms with Crippen LogP contribution in [-0.2, 0) is 32.6 Å². The zero-order chi connectivity index (χ0) is 27.9. The molecule has 1 N–H and O–H groups in total. The normalized spacial score (nSPS) is 11.9. The number of carbonyl (C=O) groups is 2. The van der Waals surface area contributed by atoms with Gasteiger partial charge in [0.1, 0.15) is 24.2 Å². The lowest BCUT2D eigenvalue weighted by Gasteiger charge is -2.33. The van der Waals surface area contributed by atoms with Crippen molar-refractivity contribution in [2.75, 3.05) is 31.3 Å². The van der Waals surface area contributed by atoms with E-state index in [1.54, 1.807) is 0 Å². The van der Waals surface area contributed by atoms with E-state index in [0.29, 0.717) is 11.3 Å². The SMILES string of the molecule is CNC(=O)C(Cc1ccccc1)N(Cc1ccc(F)cc1)C(=O)CN(c1ccc(OC)c(Cl)c1)S(C)(=O)=O. The van der Waals surface area contributed by atoms with Gasteiger partial charge in [0.25, 0.3) is 0 Å². The summed E-state index contributed by atoms with van der Waals surface area (Å²) in [5.74, 6) is -1.16. The number of methoxy groups -OCH3 is 1. The van der Waals surface area contributed by atoms with Gasteiger partial charge in [-0.2, -0.15) is 0 Å². The molecule has 0 radical (unpaired) electrons. The smallest absolute Gasteiger partial charge is 0.244 e. The molecule has 0 fully saturated rings. The summed E-state index contributed by atoms with van der Waals surface area (Å²) in [4.78, 5) is 28.2. The summed E-state index contributed by atoms with van der Waals surface area (Å²) >= 11 is 6.22. The van der Waals surface area contributed by atoms with Gasteiger partial charge in [-0.3, -0.25) is 13.9 Å². The van der Waals surface area contributed by atoms with E-state index in [1.165, 1.54) is 61.5 Å². The van der Waals surface area contributed by atoms with Gasteiger partial charge in [-0.1, -0.05) is 54.1 Å². The van der Waals surface area contributed by atoms with Crippen LogP contribution >= 0.6 is 11.6 Å². The molecule has 0 saturated carbocycles. The van der Waals surface area contributed by atoms with Gasteiger partial charge in [-0.05, 0) is 41.5 Å². The van der Waals surface area contributed by atoms with Gasteiger partial charge in [-0.25, -0.2) is 12.8 Å². The van der Waals surface area contributed by atoms with Crippen molar-refractivity contribution in [2.24, 2.45) is 0 Å². The minimum absolute atomic E-state index is 0.0506. The molecule has 3 aromatic rings. The lowest BCUT2D eigenvalue weighted by molar-refractivity contribution is -0.139. The van der Waals surface area contributed by atoms with Crippen molar-refractivity contribution in [3.05, 3.63) is 94.8 Å². The molecule has 0 spiro atoms. The van der Waals surface area contributed by atoms with Crippen LogP contribution in [0.15, 0.2) is 72.8 Å². The molecule has 3 rings (SSSR count). The van der Waals surface area contributed by atoms with Crippen molar-refractivity contribution in [1.29, 1.82) is 0 Å². The molecular weight excluding hydrogens is 533 g/mol. The summed E-state index contributed by atoms with van der Waals surface area (Å²) in [7, 11) is -1.05. The second-order valence-corrected chi connectivity index (χ2v) is 10.9. The number of rotatable bonds is 11. The van der Waals surface area contributed by atoms with Crippen LogP contribution in [0.5, 0.6) is 5.75 Å². The number of nitrogens with zero attached hydrogens (tertiary/aromatic N) is 2. The molecule has 0 saturated heterocycles. The molecular formula is C27H29ClFN3O5S. The van der Waals surface area contributed by atoms with Gasteiger partial charge < -0.3 is 15.0 Å². The highest BCUT2D eigenvalue weighted by molar-refractivity contribution is 7.92. The second kappa shape index (κ2) is 12.7. The average Bonchev–Trinajstić information content (AvgIpc) is 2.89. The van der Waals surface area contributed by atoms with Crippen LogP contribution in [0.3, 0.4) is 0 Å². The molecule has 0 aromatic heterocycles. The highest BCUT2D eigenvalue weighted by Crippen LogP contribution is 2.30. The summed E-state index contributed by atoms with van der Waals surface area (Å²) in [5, 5.41) is 2.76. The van der Waals surface area contributed by atoms with Crippen LogP contribution < -0.4 is 14.4 Å². The van der Waals surface area contributed by atoms with Gasteiger partial charge in [0.2, 0.25) is 21.8 Å². The van der Waals surface area contributed by atoms with Crippen molar-refractivity contribution in [3.63, 3.8) is 0 Å². The lowest BCUT2D eigenvalue weighted by Crippen LogP contribution is -2.52. The fraction of sp³-hybridized carbons (Fsp3) is 0.259. The molecule has 1 unspecified atom stereocenters. The number of anilines is 1. The van der Waals surface area contributed by atoms with Crippen molar-refractivity contribution in [3.8, 4) is 5.75 Å². The third kappa shape index (κ3) is 7.45. The second-order valence-electron chi connectivity index (χ2n) is 8.56. The minimum atomic E-state index is -3.94. The topological polar surface area (TPSA) is 96.0 Å². The van der Waals surface area contributed by atoms with Gasteiger partial charge >= 0.3 is 0 Å². The van der Waals surface area contributed by atoms with E-state index in [1.807, 2.05) is 30.3 Å². The summed E-state index contributed by atoms with van der Waals surface area (Å²) in [6.45, 7) is -0.643. The fourth-order valence-corrected chi connectivity index (χ4v) is 5.02. The Morgan fingerprint density at radius 1 is 1.03 bits per heavy atom. The van der Waals surface area contributed by atoms with Gasteiger partial charge in [0, 0.05) is 20.0 Å². The van der Waals surface area contributed by atoms with Gasteiger partial charge in [0.15, 0.2) is 0 Å². The van der Waals surface area contributed by atoms with E-state index in [2.05, 4.69) is 5.32 Å². The number of amides is 2. The van der Waals surface area contributed by atoms with Crippen molar-refractivity contribution in [2.45, 2.75) is 19.0 Å². The summed E-state index contributed by atoms with van der Waals surface area (Å²) in [5.41, 5.74) is 1.54. The Kier molecular flexibility index (Phi) is 9.71. The predicted octanol–water partition coefficient (Wildman–Crippen LogP) is 3.64. The average molecular weight is 562 g/mol. The number of ether oxygens (including phenoxy) is 1. The molecule has 3 aromatic carbocycles. The standard InChI is InChI=1S/C27H29ClFN3O5S/c1-30-27(34)24(15-19-7-5-4-6-8-19)31(17-20-9-11-21(29)12-10-20)26(33)18-32(38(3,35)36)22-13-14-25(37-2)23(28)16-22/h4-14,16,24H,15,17-18H2,1-3H3,(H,30,34).